The van der Waals surface area contributed by atoms with Crippen molar-refractivity contribution >= 4 is 0 Å². The monoisotopic (exact) mass is 153 g/mol. The first kappa shape index (κ1) is 7.60. The van der Waals surface area contributed by atoms with Gasteiger partial charge in [0.15, 0.2) is 0 Å². The Morgan fingerprint density at radius 2 is 1.82 bits per heavy atom. The summed E-state index contributed by atoms with van der Waals surface area (Å²) in [5.41, 5.74) is 6.07. The van der Waals surface area contributed by atoms with E-state index in [1.54, 1.807) is 0 Å². The second kappa shape index (κ2) is 2.48. The van der Waals surface area contributed by atoms with Gasteiger partial charge in [0.1, 0.15) is 0 Å². The first-order chi connectivity index (χ1) is 5.20. The molecule has 0 aromatic carbocycles. The van der Waals surface area contributed by atoms with E-state index in [1.807, 2.05) is 0 Å². The van der Waals surface area contributed by atoms with Crippen LogP contribution in [0.4, 0.5) is 0 Å². The van der Waals surface area contributed by atoms with E-state index < -0.39 is 0 Å². The number of rotatable bonds is 0. The van der Waals surface area contributed by atoms with Crippen LogP contribution in [0.5, 0.6) is 0 Å². The minimum atomic E-state index is 0.528. The van der Waals surface area contributed by atoms with E-state index in [-0.39, 0.29) is 0 Å². The summed E-state index contributed by atoms with van der Waals surface area (Å²) in [6.45, 7) is 4.78. The van der Waals surface area contributed by atoms with Crippen molar-refractivity contribution in [1.29, 1.82) is 0 Å². The predicted octanol–water partition coefficient (Wildman–Crippen LogP) is 2.02. The first-order valence-electron chi connectivity index (χ1n) is 4.95. The van der Waals surface area contributed by atoms with E-state index in [0.29, 0.717) is 6.04 Å². The van der Waals surface area contributed by atoms with Crippen molar-refractivity contribution in [2.45, 2.75) is 39.2 Å². The average Bonchev–Trinajstić information content (AvgIpc) is 2.41. The molecule has 0 aliphatic heterocycles. The Bertz CT molecular complexity index is 155. The summed E-state index contributed by atoms with van der Waals surface area (Å²) in [7, 11) is 0. The second-order valence-electron chi connectivity index (χ2n) is 4.67. The third-order valence-corrected chi connectivity index (χ3v) is 3.95. The molecular formula is C10H19N. The van der Waals surface area contributed by atoms with Gasteiger partial charge in [-0.25, -0.2) is 0 Å². The molecular weight excluding hydrogens is 134 g/mol. The van der Waals surface area contributed by atoms with Gasteiger partial charge in [-0.3, -0.25) is 0 Å². The van der Waals surface area contributed by atoms with Crippen molar-refractivity contribution in [2.24, 2.45) is 29.4 Å². The largest absolute Gasteiger partial charge is 0.327 e. The molecule has 0 radical (unpaired) electrons. The van der Waals surface area contributed by atoms with Crippen LogP contribution >= 0.6 is 0 Å². The zero-order chi connectivity index (χ0) is 8.01. The van der Waals surface area contributed by atoms with E-state index in [1.165, 1.54) is 19.3 Å². The third-order valence-electron chi connectivity index (χ3n) is 3.95. The van der Waals surface area contributed by atoms with Crippen molar-refractivity contribution in [2.75, 3.05) is 0 Å². The summed E-state index contributed by atoms with van der Waals surface area (Å²) in [6, 6.07) is 0.528. The summed E-state index contributed by atoms with van der Waals surface area (Å²) in [5.74, 6) is 3.68. The molecule has 64 valence electrons. The summed E-state index contributed by atoms with van der Waals surface area (Å²) >= 11 is 0. The first-order valence-corrected chi connectivity index (χ1v) is 4.95. The zero-order valence-corrected chi connectivity index (χ0v) is 7.59. The van der Waals surface area contributed by atoms with Gasteiger partial charge in [0.05, 0.1) is 0 Å². The van der Waals surface area contributed by atoms with Crippen LogP contribution in [-0.2, 0) is 0 Å². The Balaban J connectivity index is 2.15. The van der Waals surface area contributed by atoms with Gasteiger partial charge >= 0.3 is 0 Å². The van der Waals surface area contributed by atoms with Gasteiger partial charge < -0.3 is 5.73 Å². The highest BCUT2D eigenvalue weighted by Crippen LogP contribution is 2.49. The van der Waals surface area contributed by atoms with Crippen LogP contribution in [0, 0.1) is 23.7 Å². The molecule has 0 heterocycles. The molecule has 1 heteroatoms. The molecule has 2 fully saturated rings. The smallest absolute Gasteiger partial charge is 0.00725 e. The Labute approximate surface area is 69.4 Å². The highest BCUT2D eigenvalue weighted by atomic mass is 14.7. The van der Waals surface area contributed by atoms with Crippen LogP contribution in [0.1, 0.15) is 33.1 Å². The third kappa shape index (κ3) is 1.01. The summed E-state index contributed by atoms with van der Waals surface area (Å²) in [4.78, 5) is 0. The molecule has 0 aromatic rings. The van der Waals surface area contributed by atoms with Crippen molar-refractivity contribution < 1.29 is 0 Å². The molecule has 0 spiro atoms. The minimum absolute atomic E-state index is 0.528. The van der Waals surface area contributed by atoms with Gasteiger partial charge in [-0.2, -0.15) is 0 Å². The number of hydrogen-bond donors (Lipinski definition) is 1. The van der Waals surface area contributed by atoms with Gasteiger partial charge in [0, 0.05) is 6.04 Å². The van der Waals surface area contributed by atoms with Gasteiger partial charge in [0.2, 0.25) is 0 Å². The van der Waals surface area contributed by atoms with E-state index in [2.05, 4.69) is 13.8 Å². The van der Waals surface area contributed by atoms with Crippen LogP contribution in [0.3, 0.4) is 0 Å². The molecule has 5 atom stereocenters. The van der Waals surface area contributed by atoms with Crippen LogP contribution in [0.25, 0.3) is 0 Å². The van der Waals surface area contributed by atoms with Crippen molar-refractivity contribution in [3.8, 4) is 0 Å². The summed E-state index contributed by atoms with van der Waals surface area (Å²) in [5, 5.41) is 0. The van der Waals surface area contributed by atoms with Crippen molar-refractivity contribution in [3.63, 3.8) is 0 Å². The standard InChI is InChI=1S/C10H19N/c1-6-5-7(2)10-8(6)3-4-9(10)11/h6-10H,3-5,11H2,1-2H3. The van der Waals surface area contributed by atoms with Crippen LogP contribution in [0.15, 0.2) is 0 Å². The molecule has 1 nitrogen and oxygen atoms in total. The molecule has 0 saturated heterocycles. The lowest BCUT2D eigenvalue weighted by atomic mass is 9.89. The Morgan fingerprint density at radius 3 is 2.45 bits per heavy atom. The van der Waals surface area contributed by atoms with E-state index in [9.17, 15) is 0 Å². The quantitative estimate of drug-likeness (QED) is 0.566. The molecule has 2 N–H and O–H groups in total. The maximum absolute atomic E-state index is 6.07. The topological polar surface area (TPSA) is 26.0 Å². The van der Waals surface area contributed by atoms with Gasteiger partial charge in [-0.15, -0.1) is 0 Å². The molecule has 0 bridgehead atoms. The zero-order valence-electron chi connectivity index (χ0n) is 7.59. The van der Waals surface area contributed by atoms with Gasteiger partial charge in [-0.05, 0) is 42.9 Å². The maximum Gasteiger partial charge on any atom is 0.00725 e. The van der Waals surface area contributed by atoms with E-state index in [4.69, 9.17) is 5.73 Å². The maximum atomic E-state index is 6.07. The molecule has 2 rings (SSSR count). The summed E-state index contributed by atoms with van der Waals surface area (Å²) < 4.78 is 0. The number of fused-ring (bicyclic) bond motifs is 1. The second-order valence-corrected chi connectivity index (χ2v) is 4.67. The van der Waals surface area contributed by atoms with Crippen LogP contribution in [-0.4, -0.2) is 6.04 Å². The Hall–Kier alpha value is -0.0400. The lowest BCUT2D eigenvalue weighted by molar-refractivity contribution is 0.326. The number of nitrogens with two attached hydrogens (primary N) is 1. The Kier molecular flexibility index (Phi) is 1.71. The molecule has 0 aromatic heterocycles. The molecule has 0 amide bonds. The molecule has 2 saturated carbocycles. The number of hydrogen-bond acceptors (Lipinski definition) is 1. The molecule has 2 aliphatic carbocycles. The highest BCUT2D eigenvalue weighted by Gasteiger charge is 2.45. The fraction of sp³-hybridized carbons (Fsp3) is 1.00. The van der Waals surface area contributed by atoms with E-state index >= 15 is 0 Å². The van der Waals surface area contributed by atoms with Gasteiger partial charge in [-0.1, -0.05) is 13.8 Å². The van der Waals surface area contributed by atoms with Crippen LogP contribution in [0.2, 0.25) is 0 Å². The van der Waals surface area contributed by atoms with Crippen molar-refractivity contribution in [1.82, 2.24) is 0 Å². The van der Waals surface area contributed by atoms with E-state index in [0.717, 1.165) is 23.7 Å². The lowest BCUT2D eigenvalue weighted by Crippen LogP contribution is -2.28. The summed E-state index contributed by atoms with van der Waals surface area (Å²) in [6.07, 6.45) is 4.10. The van der Waals surface area contributed by atoms with Crippen molar-refractivity contribution in [3.05, 3.63) is 0 Å². The Morgan fingerprint density at radius 1 is 1.09 bits per heavy atom. The normalized spacial score (nSPS) is 56.5. The fourth-order valence-electron chi connectivity index (χ4n) is 3.51. The lowest BCUT2D eigenvalue weighted by Gasteiger charge is -2.19. The minimum Gasteiger partial charge on any atom is -0.327 e. The average molecular weight is 153 g/mol. The predicted molar refractivity (Wildman–Crippen MR) is 47.1 cm³/mol. The molecule has 5 unspecified atom stereocenters. The SMILES string of the molecule is CC1CC(C)C2C(N)CCC12. The molecule has 2 aliphatic rings. The molecule has 11 heavy (non-hydrogen) atoms. The highest BCUT2D eigenvalue weighted by molar-refractivity contribution is 4.97. The van der Waals surface area contributed by atoms with Crippen LogP contribution < -0.4 is 5.73 Å². The van der Waals surface area contributed by atoms with Gasteiger partial charge in [0.25, 0.3) is 0 Å². The fourth-order valence-corrected chi connectivity index (χ4v) is 3.51.